The smallest absolute Gasteiger partial charge is 0.243 e. The molecule has 0 saturated heterocycles. The van der Waals surface area contributed by atoms with E-state index < -0.39 is 21.9 Å². The van der Waals surface area contributed by atoms with Gasteiger partial charge >= 0.3 is 0 Å². The lowest BCUT2D eigenvalue weighted by Gasteiger charge is -2.25. The van der Waals surface area contributed by atoms with E-state index in [0.29, 0.717) is 17.1 Å². The Morgan fingerprint density at radius 2 is 1.87 bits per heavy atom. The summed E-state index contributed by atoms with van der Waals surface area (Å²) in [7, 11) is -2.06. The number of aryl methyl sites for hydroxylation is 1. The number of aliphatic hydroxyl groups is 1. The predicted octanol–water partition coefficient (Wildman–Crippen LogP) is 2.42. The molecule has 0 unspecified atom stereocenters. The van der Waals surface area contributed by atoms with Crippen molar-refractivity contribution in [2.45, 2.75) is 36.5 Å². The van der Waals surface area contributed by atoms with E-state index in [9.17, 15) is 17.9 Å². The van der Waals surface area contributed by atoms with Crippen molar-refractivity contribution in [1.82, 2.24) is 19.1 Å². The molecule has 1 aliphatic rings. The molecule has 0 spiro atoms. The fraction of sp³-hybridized carbons (Fsp3) is 0.333. The molecule has 0 bridgehead atoms. The van der Waals surface area contributed by atoms with Crippen LogP contribution in [0.2, 0.25) is 0 Å². The summed E-state index contributed by atoms with van der Waals surface area (Å²) >= 11 is 0. The van der Waals surface area contributed by atoms with Crippen LogP contribution in [0.3, 0.4) is 0 Å². The van der Waals surface area contributed by atoms with E-state index >= 15 is 0 Å². The monoisotopic (exact) mass is 446 g/mol. The van der Waals surface area contributed by atoms with Gasteiger partial charge in [-0.05, 0) is 54.8 Å². The highest BCUT2D eigenvalue weighted by Crippen LogP contribution is 2.34. The minimum Gasteiger partial charge on any atom is -0.486 e. The first kappa shape index (κ1) is 21.4. The van der Waals surface area contributed by atoms with Gasteiger partial charge in [0.1, 0.15) is 24.5 Å². The number of aromatic nitrogens is 3. The molecule has 0 radical (unpaired) electrons. The lowest BCUT2D eigenvalue weighted by atomic mass is 10.1. The highest BCUT2D eigenvalue weighted by Gasteiger charge is 2.39. The third-order valence-corrected chi connectivity index (χ3v) is 7.10. The van der Waals surface area contributed by atoms with Gasteiger partial charge in [-0.1, -0.05) is 12.1 Å². The number of hydrogen-bond acceptors (Lipinski definition) is 6. The summed E-state index contributed by atoms with van der Waals surface area (Å²) in [5, 5.41) is 14.5. The van der Waals surface area contributed by atoms with E-state index in [1.165, 1.54) is 47.0 Å². The van der Waals surface area contributed by atoms with Gasteiger partial charge in [0, 0.05) is 19.6 Å². The number of rotatable bonds is 9. The first-order chi connectivity index (χ1) is 14.8. The van der Waals surface area contributed by atoms with Gasteiger partial charge in [0.05, 0.1) is 11.0 Å². The van der Waals surface area contributed by atoms with Crippen LogP contribution >= 0.6 is 0 Å². The van der Waals surface area contributed by atoms with Crippen LogP contribution in [0.5, 0.6) is 5.75 Å². The first-order valence-corrected chi connectivity index (χ1v) is 11.3. The summed E-state index contributed by atoms with van der Waals surface area (Å²) in [6.07, 6.45) is 1.87. The molecular weight excluding hydrogens is 423 g/mol. The van der Waals surface area contributed by atoms with Crippen molar-refractivity contribution >= 4 is 10.0 Å². The van der Waals surface area contributed by atoms with Crippen LogP contribution in [0.25, 0.3) is 0 Å². The van der Waals surface area contributed by atoms with Crippen LogP contribution in [0.15, 0.2) is 59.8 Å². The lowest BCUT2D eigenvalue weighted by Crippen LogP contribution is -2.36. The fourth-order valence-electron chi connectivity index (χ4n) is 3.21. The zero-order chi connectivity index (χ0) is 22.0. The number of aliphatic hydroxyl groups excluding tert-OH is 1. The van der Waals surface area contributed by atoms with Crippen LogP contribution in [-0.4, -0.2) is 45.2 Å². The summed E-state index contributed by atoms with van der Waals surface area (Å²) in [5.41, 5.74) is 0.467. The van der Waals surface area contributed by atoms with E-state index in [4.69, 9.17) is 4.74 Å². The zero-order valence-corrected chi connectivity index (χ0v) is 17.7. The molecule has 0 amide bonds. The highest BCUT2D eigenvalue weighted by atomic mass is 32.2. The van der Waals surface area contributed by atoms with E-state index in [1.807, 2.05) is 0 Å². The molecule has 31 heavy (non-hydrogen) atoms. The molecule has 1 aliphatic carbocycles. The van der Waals surface area contributed by atoms with Crippen molar-refractivity contribution in [3.05, 3.63) is 72.1 Å². The Hall–Kier alpha value is -2.82. The maximum absolute atomic E-state index is 13.2. The predicted molar refractivity (Wildman–Crippen MR) is 110 cm³/mol. The summed E-state index contributed by atoms with van der Waals surface area (Å²) < 4.78 is 48.2. The minimum atomic E-state index is -3.81. The third-order valence-electron chi connectivity index (χ3n) is 5.17. The molecule has 8 nitrogen and oxygen atoms in total. The van der Waals surface area contributed by atoms with Crippen molar-refractivity contribution in [3.8, 4) is 5.75 Å². The maximum atomic E-state index is 13.2. The Balaban J connectivity index is 1.47. The van der Waals surface area contributed by atoms with E-state index in [0.717, 1.165) is 12.8 Å². The fourth-order valence-corrected chi connectivity index (χ4v) is 4.90. The molecule has 1 heterocycles. The molecule has 0 aliphatic heterocycles. The number of sulfonamides is 1. The van der Waals surface area contributed by atoms with Crippen molar-refractivity contribution in [1.29, 1.82) is 0 Å². The topological polar surface area (TPSA) is 97.5 Å². The van der Waals surface area contributed by atoms with Gasteiger partial charge in [0.25, 0.3) is 0 Å². The quantitative estimate of drug-likeness (QED) is 0.542. The maximum Gasteiger partial charge on any atom is 0.243 e. The van der Waals surface area contributed by atoms with E-state index in [2.05, 4.69) is 10.1 Å². The highest BCUT2D eigenvalue weighted by molar-refractivity contribution is 7.89. The van der Waals surface area contributed by atoms with Crippen molar-refractivity contribution in [2.24, 2.45) is 7.05 Å². The van der Waals surface area contributed by atoms with Gasteiger partial charge < -0.3 is 9.84 Å². The third kappa shape index (κ3) is 4.92. The van der Waals surface area contributed by atoms with Crippen LogP contribution in [0, 0.1) is 5.82 Å². The Morgan fingerprint density at radius 3 is 2.45 bits per heavy atom. The number of hydrogen-bond donors (Lipinski definition) is 1. The molecule has 10 heteroatoms. The van der Waals surface area contributed by atoms with Gasteiger partial charge in [-0.2, -0.15) is 9.40 Å². The summed E-state index contributed by atoms with van der Waals surface area (Å²) in [6.45, 7) is 0.115. The van der Waals surface area contributed by atoms with Gasteiger partial charge in [-0.25, -0.2) is 17.8 Å². The van der Waals surface area contributed by atoms with Crippen molar-refractivity contribution in [3.63, 3.8) is 0 Å². The number of halogens is 1. The second kappa shape index (κ2) is 8.74. The van der Waals surface area contributed by atoms with Gasteiger partial charge in [0.2, 0.25) is 10.0 Å². The van der Waals surface area contributed by atoms with Gasteiger partial charge in [-0.3, -0.25) is 4.68 Å². The number of nitrogens with zero attached hydrogens (tertiary/aromatic N) is 4. The lowest BCUT2D eigenvalue weighted by molar-refractivity contribution is 0.145. The van der Waals surface area contributed by atoms with Crippen LogP contribution in [0.4, 0.5) is 4.39 Å². The Bertz CT molecular complexity index is 1130. The normalized spacial score (nSPS) is 15.2. The minimum absolute atomic E-state index is 0.0942. The molecule has 3 aromatic rings. The van der Waals surface area contributed by atoms with E-state index in [1.54, 1.807) is 23.9 Å². The van der Waals surface area contributed by atoms with Gasteiger partial charge in [0.15, 0.2) is 5.82 Å². The second-order valence-corrected chi connectivity index (χ2v) is 9.32. The summed E-state index contributed by atoms with van der Waals surface area (Å²) in [4.78, 5) is 4.20. The molecule has 1 N–H and O–H groups in total. The van der Waals surface area contributed by atoms with E-state index in [-0.39, 0.29) is 24.1 Å². The number of ether oxygens (including phenoxy) is 1. The SMILES string of the molecule is Cn1ncnc1COc1ccc(S(=O)(=O)N(C[C@@H](O)c2ccc(F)cc2)C2CC2)cc1. The molecule has 1 saturated carbocycles. The van der Waals surface area contributed by atoms with Crippen LogP contribution in [-0.2, 0) is 23.7 Å². The van der Waals surface area contributed by atoms with Crippen LogP contribution < -0.4 is 4.74 Å². The molecule has 1 atom stereocenters. The number of benzene rings is 2. The Morgan fingerprint density at radius 1 is 1.19 bits per heavy atom. The van der Waals surface area contributed by atoms with Gasteiger partial charge in [-0.15, -0.1) is 0 Å². The summed E-state index contributed by atoms with van der Waals surface area (Å²) in [6, 6.07) is 11.4. The molecule has 1 fully saturated rings. The molecular formula is C21H23FN4O4S. The molecule has 164 valence electrons. The zero-order valence-electron chi connectivity index (χ0n) is 16.9. The Kier molecular flexibility index (Phi) is 6.03. The van der Waals surface area contributed by atoms with Crippen molar-refractivity contribution in [2.75, 3.05) is 6.54 Å². The summed E-state index contributed by atoms with van der Waals surface area (Å²) in [5.74, 6) is 0.738. The molecule has 4 rings (SSSR count). The molecule has 2 aromatic carbocycles. The average molecular weight is 447 g/mol. The Labute approximate surface area is 180 Å². The standard InChI is InChI=1S/C21H23FN4O4S/c1-25-21(23-14-24-25)13-30-18-8-10-19(11-9-18)31(28,29)26(17-6-7-17)12-20(27)15-2-4-16(22)5-3-15/h2-5,8-11,14,17,20,27H,6-7,12-13H2,1H3/t20-/m1/s1. The molecule has 1 aromatic heterocycles. The van der Waals surface area contributed by atoms with Crippen molar-refractivity contribution < 1.29 is 22.7 Å². The van der Waals surface area contributed by atoms with Crippen LogP contribution in [0.1, 0.15) is 30.3 Å². The first-order valence-electron chi connectivity index (χ1n) is 9.85. The largest absolute Gasteiger partial charge is 0.486 e. The second-order valence-electron chi connectivity index (χ2n) is 7.43. The average Bonchev–Trinajstić information content (AvgIpc) is 3.52.